The zero-order valence-corrected chi connectivity index (χ0v) is 8.30. The Morgan fingerprint density at radius 1 is 1.45 bits per heavy atom. The fraction of sp³-hybridized carbons (Fsp3) is 1.00. The molecule has 0 heterocycles. The predicted octanol–water partition coefficient (Wildman–Crippen LogP) is 0.852. The molecule has 0 aliphatic rings. The second-order valence-corrected chi connectivity index (χ2v) is 5.06. The van der Waals surface area contributed by atoms with E-state index in [4.69, 9.17) is 9.79 Å². The molecule has 0 aliphatic carbocycles. The second-order valence-electron chi connectivity index (χ2n) is 3.01. The summed E-state index contributed by atoms with van der Waals surface area (Å²) in [5, 5.41) is -1.02. The molecule has 0 saturated carbocycles. The van der Waals surface area contributed by atoms with Crippen molar-refractivity contribution in [2.24, 2.45) is 0 Å². The number of hydrogen-bond acceptors (Lipinski definition) is 2. The van der Waals surface area contributed by atoms with Crippen molar-refractivity contribution in [1.82, 2.24) is 4.90 Å². The van der Waals surface area contributed by atoms with Crippen molar-refractivity contribution in [3.05, 3.63) is 0 Å². The van der Waals surface area contributed by atoms with Crippen LogP contribution in [0.3, 0.4) is 0 Å². The van der Waals surface area contributed by atoms with Crippen LogP contribution in [0.2, 0.25) is 0 Å². The molecule has 0 aromatic carbocycles. The average Bonchev–Trinajstić information content (AvgIpc) is 1.83. The van der Waals surface area contributed by atoms with Gasteiger partial charge in [0.05, 0.1) is 0 Å². The third-order valence-electron chi connectivity index (χ3n) is 2.26. The first-order valence-corrected chi connectivity index (χ1v) is 5.10. The Labute approximate surface area is 67.4 Å². The molecule has 0 spiro atoms. The van der Waals surface area contributed by atoms with Crippen molar-refractivity contribution in [2.45, 2.75) is 25.5 Å². The van der Waals surface area contributed by atoms with E-state index in [1.807, 2.05) is 0 Å². The quantitative estimate of drug-likeness (QED) is 0.634. The Morgan fingerprint density at radius 3 is 1.82 bits per heavy atom. The molecule has 0 saturated heterocycles. The summed E-state index contributed by atoms with van der Waals surface area (Å²) in [6.07, 6.45) is 0.435. The van der Waals surface area contributed by atoms with Gasteiger partial charge in [0, 0.05) is 0 Å². The van der Waals surface area contributed by atoms with Gasteiger partial charge in [-0.25, -0.2) is 0 Å². The molecule has 0 rings (SSSR count). The zero-order chi connectivity index (χ0) is 9.28. The molecule has 2 N–H and O–H groups in total. The molecule has 0 amide bonds. The smallest absolute Gasteiger partial charge is 0.323 e. The van der Waals surface area contributed by atoms with E-state index in [0.717, 1.165) is 0 Å². The summed E-state index contributed by atoms with van der Waals surface area (Å²) in [5.41, 5.74) is 0. The Kier molecular flexibility index (Phi) is 3.27. The van der Waals surface area contributed by atoms with E-state index in [1.165, 1.54) is 0 Å². The highest BCUT2D eigenvalue weighted by molar-refractivity contribution is 7.53. The summed E-state index contributed by atoms with van der Waals surface area (Å²) in [6, 6.07) is 0. The van der Waals surface area contributed by atoms with Gasteiger partial charge in [0.2, 0.25) is 0 Å². The lowest BCUT2D eigenvalue weighted by atomic mass is 10.2. The van der Waals surface area contributed by atoms with Crippen LogP contribution in [0.1, 0.15) is 20.3 Å². The van der Waals surface area contributed by atoms with Gasteiger partial charge in [-0.3, -0.25) is 9.46 Å². The summed E-state index contributed by atoms with van der Waals surface area (Å²) in [5.74, 6) is 0. The zero-order valence-electron chi connectivity index (χ0n) is 7.40. The van der Waals surface area contributed by atoms with E-state index in [0.29, 0.717) is 6.42 Å². The first-order valence-electron chi connectivity index (χ1n) is 3.48. The lowest BCUT2D eigenvalue weighted by Crippen LogP contribution is -2.40. The molecule has 0 radical (unpaired) electrons. The van der Waals surface area contributed by atoms with Gasteiger partial charge in [-0.05, 0) is 27.4 Å². The molecule has 0 aromatic rings. The SMILES string of the molecule is CCC(C)(N(C)C)P(=O)(O)O. The number of rotatable bonds is 3. The molecule has 4 nitrogen and oxygen atoms in total. The van der Waals surface area contributed by atoms with Crippen molar-refractivity contribution in [3.8, 4) is 0 Å². The first kappa shape index (κ1) is 11.1. The lowest BCUT2D eigenvalue weighted by Gasteiger charge is -2.35. The Bertz CT molecular complexity index is 177. The molecule has 0 bridgehead atoms. The highest BCUT2D eigenvalue weighted by Crippen LogP contribution is 2.53. The molecule has 0 aromatic heterocycles. The van der Waals surface area contributed by atoms with E-state index in [1.54, 1.807) is 32.8 Å². The maximum atomic E-state index is 11.0. The van der Waals surface area contributed by atoms with Crippen LogP contribution in [0.4, 0.5) is 0 Å². The summed E-state index contributed by atoms with van der Waals surface area (Å²) >= 11 is 0. The fourth-order valence-corrected chi connectivity index (χ4v) is 1.72. The largest absolute Gasteiger partial charge is 0.345 e. The van der Waals surface area contributed by atoms with Crippen molar-refractivity contribution in [3.63, 3.8) is 0 Å². The maximum absolute atomic E-state index is 11.0. The van der Waals surface area contributed by atoms with Crippen molar-refractivity contribution in [1.29, 1.82) is 0 Å². The molecule has 0 aliphatic heterocycles. The van der Waals surface area contributed by atoms with Crippen LogP contribution in [-0.4, -0.2) is 34.1 Å². The van der Waals surface area contributed by atoms with Crippen LogP contribution >= 0.6 is 7.60 Å². The molecule has 1 unspecified atom stereocenters. The van der Waals surface area contributed by atoms with Crippen LogP contribution in [0.15, 0.2) is 0 Å². The van der Waals surface area contributed by atoms with Crippen LogP contribution < -0.4 is 0 Å². The number of hydrogen-bond donors (Lipinski definition) is 2. The van der Waals surface area contributed by atoms with Crippen molar-refractivity contribution < 1.29 is 14.4 Å². The average molecular weight is 181 g/mol. The first-order chi connectivity index (χ1) is 4.75. The van der Waals surface area contributed by atoms with Crippen LogP contribution in [0.25, 0.3) is 0 Å². The standard InChI is InChI=1S/C6H16NO3P/c1-5-6(2,7(3)4)11(8,9)10/h5H2,1-4H3,(H2,8,9,10). The summed E-state index contributed by atoms with van der Waals surface area (Å²) in [6.45, 7) is 3.33. The van der Waals surface area contributed by atoms with Gasteiger partial charge in [-0.1, -0.05) is 6.92 Å². The molecule has 1 atom stereocenters. The van der Waals surface area contributed by atoms with Crippen LogP contribution in [-0.2, 0) is 4.57 Å². The molecular formula is C6H16NO3P. The minimum atomic E-state index is -4.02. The summed E-state index contributed by atoms with van der Waals surface area (Å²) in [7, 11) is -0.679. The monoisotopic (exact) mass is 181 g/mol. The van der Waals surface area contributed by atoms with Crippen LogP contribution in [0, 0.1) is 0 Å². The highest BCUT2D eigenvalue weighted by Gasteiger charge is 2.42. The van der Waals surface area contributed by atoms with Crippen molar-refractivity contribution in [2.75, 3.05) is 14.1 Å². The van der Waals surface area contributed by atoms with Gasteiger partial charge in [0.25, 0.3) is 0 Å². The van der Waals surface area contributed by atoms with Crippen molar-refractivity contribution >= 4 is 7.60 Å². The molecule has 11 heavy (non-hydrogen) atoms. The minimum Gasteiger partial charge on any atom is -0.323 e. The molecular weight excluding hydrogens is 165 g/mol. The van der Waals surface area contributed by atoms with Gasteiger partial charge in [0.15, 0.2) is 0 Å². The molecule has 5 heteroatoms. The maximum Gasteiger partial charge on any atom is 0.345 e. The van der Waals surface area contributed by atoms with E-state index in [9.17, 15) is 4.57 Å². The topological polar surface area (TPSA) is 60.8 Å². The van der Waals surface area contributed by atoms with Gasteiger partial charge < -0.3 is 9.79 Å². The predicted molar refractivity (Wildman–Crippen MR) is 44.4 cm³/mol. The minimum absolute atomic E-state index is 0.435. The summed E-state index contributed by atoms with van der Waals surface area (Å²) in [4.78, 5) is 19.5. The van der Waals surface area contributed by atoms with Gasteiger partial charge in [-0.2, -0.15) is 0 Å². The third-order valence-corrected chi connectivity index (χ3v) is 4.23. The van der Waals surface area contributed by atoms with E-state index in [-0.39, 0.29) is 0 Å². The van der Waals surface area contributed by atoms with E-state index >= 15 is 0 Å². The summed E-state index contributed by atoms with van der Waals surface area (Å²) < 4.78 is 11.0. The van der Waals surface area contributed by atoms with Gasteiger partial charge in [0.1, 0.15) is 5.28 Å². The van der Waals surface area contributed by atoms with Gasteiger partial charge in [-0.15, -0.1) is 0 Å². The fourth-order valence-electron chi connectivity index (χ4n) is 0.783. The third kappa shape index (κ3) is 2.03. The Balaban J connectivity index is 4.76. The molecule has 68 valence electrons. The van der Waals surface area contributed by atoms with E-state index < -0.39 is 12.9 Å². The molecule has 0 fully saturated rings. The lowest BCUT2D eigenvalue weighted by molar-refractivity contribution is 0.199. The second kappa shape index (κ2) is 3.23. The van der Waals surface area contributed by atoms with Crippen LogP contribution in [0.5, 0.6) is 0 Å². The van der Waals surface area contributed by atoms with Gasteiger partial charge >= 0.3 is 7.60 Å². The Hall–Kier alpha value is 0.110. The van der Waals surface area contributed by atoms with E-state index in [2.05, 4.69) is 0 Å². The highest BCUT2D eigenvalue weighted by atomic mass is 31.2. The Morgan fingerprint density at radius 2 is 1.82 bits per heavy atom. The number of nitrogens with zero attached hydrogens (tertiary/aromatic N) is 1. The normalized spacial score (nSPS) is 18.5.